The predicted octanol–water partition coefficient (Wildman–Crippen LogP) is 11.9. The van der Waals surface area contributed by atoms with Gasteiger partial charge in [0.15, 0.2) is 0 Å². The molecular weight excluding hydrogens is 560 g/mol. The molecule has 276 valence electrons. The van der Waals surface area contributed by atoms with E-state index >= 15 is 0 Å². The van der Waals surface area contributed by atoms with Crippen molar-refractivity contribution in [3.63, 3.8) is 0 Å². The normalized spacial score (nSPS) is 11.6. The zero-order chi connectivity index (χ0) is 33.7. The van der Waals surface area contributed by atoms with Crippen LogP contribution in [0.5, 0.6) is 0 Å². The molecule has 4 heteroatoms. The molecule has 0 aromatic carbocycles. The van der Waals surface area contributed by atoms with Crippen LogP contribution >= 0.6 is 0 Å². The third-order valence-electron chi connectivity index (χ3n) is 8.85. The lowest BCUT2D eigenvalue weighted by molar-refractivity contribution is 0.562. The highest BCUT2D eigenvalue weighted by Gasteiger charge is 1.94. The highest BCUT2D eigenvalue weighted by molar-refractivity contribution is 4.82. The molecule has 0 atom stereocenters. The molecule has 0 aromatic rings. The van der Waals surface area contributed by atoms with Crippen molar-refractivity contribution in [2.45, 2.75) is 206 Å². The summed E-state index contributed by atoms with van der Waals surface area (Å²) in [6, 6.07) is 0. The molecular formula is C42H88N4. The maximum atomic E-state index is 5.46. The van der Waals surface area contributed by atoms with Gasteiger partial charge in [-0.15, -0.1) is 0 Å². The summed E-state index contributed by atoms with van der Waals surface area (Å²) in [5, 5.41) is 6.89. The van der Waals surface area contributed by atoms with Crippen LogP contribution in [0, 0.1) is 0 Å². The van der Waals surface area contributed by atoms with E-state index in [1.54, 1.807) is 0 Å². The molecule has 0 rings (SSSR count). The van der Waals surface area contributed by atoms with Gasteiger partial charge in [0.25, 0.3) is 0 Å². The van der Waals surface area contributed by atoms with Crippen LogP contribution in [0.1, 0.15) is 206 Å². The maximum Gasteiger partial charge on any atom is -0.00369 e. The minimum atomic E-state index is 0.806. The van der Waals surface area contributed by atoms with E-state index in [0.29, 0.717) is 0 Å². The van der Waals surface area contributed by atoms with Crippen molar-refractivity contribution in [2.75, 3.05) is 39.3 Å². The molecule has 0 spiro atoms. The number of rotatable bonds is 38. The van der Waals surface area contributed by atoms with Crippen LogP contribution < -0.4 is 22.1 Å². The SMILES string of the molecule is CCCCCCCCC=CCCCCCCCCNCCCN.CCCCCCCCC=CCCCCCCCCNCCCN. The summed E-state index contributed by atoms with van der Waals surface area (Å²) >= 11 is 0. The first kappa shape index (κ1) is 47.4. The fourth-order valence-electron chi connectivity index (χ4n) is 5.70. The molecule has 6 N–H and O–H groups in total. The highest BCUT2D eigenvalue weighted by atomic mass is 14.8. The number of nitrogens with two attached hydrogens (primary N) is 2. The van der Waals surface area contributed by atoms with E-state index in [4.69, 9.17) is 11.5 Å². The van der Waals surface area contributed by atoms with E-state index in [0.717, 1.165) is 39.0 Å². The van der Waals surface area contributed by atoms with Gasteiger partial charge in [0.1, 0.15) is 0 Å². The molecule has 4 nitrogen and oxygen atoms in total. The first-order valence-electron chi connectivity index (χ1n) is 20.9. The summed E-state index contributed by atoms with van der Waals surface area (Å²) in [5.41, 5.74) is 10.9. The summed E-state index contributed by atoms with van der Waals surface area (Å²) < 4.78 is 0. The van der Waals surface area contributed by atoms with Crippen LogP contribution in [0.15, 0.2) is 24.3 Å². The Bertz CT molecular complexity index is 500. The quantitative estimate of drug-likeness (QED) is 0.0397. The molecule has 0 bridgehead atoms. The van der Waals surface area contributed by atoms with Crippen LogP contribution in [0.4, 0.5) is 0 Å². The van der Waals surface area contributed by atoms with Crippen LogP contribution in [0.2, 0.25) is 0 Å². The third kappa shape index (κ3) is 50.2. The zero-order valence-electron chi connectivity index (χ0n) is 31.9. The van der Waals surface area contributed by atoms with Crippen LogP contribution in [0.25, 0.3) is 0 Å². The van der Waals surface area contributed by atoms with E-state index in [1.165, 1.54) is 193 Å². The maximum absolute atomic E-state index is 5.46. The number of nitrogens with one attached hydrogen (secondary N) is 2. The molecule has 0 saturated heterocycles. The van der Waals surface area contributed by atoms with Crippen molar-refractivity contribution < 1.29 is 0 Å². The first-order chi connectivity index (χ1) is 22.8. The zero-order valence-corrected chi connectivity index (χ0v) is 31.9. The molecule has 0 aromatic heterocycles. The predicted molar refractivity (Wildman–Crippen MR) is 212 cm³/mol. The molecule has 0 heterocycles. The number of allylic oxidation sites excluding steroid dienone is 4. The van der Waals surface area contributed by atoms with Gasteiger partial charge in [-0.1, -0.05) is 154 Å². The summed E-state index contributed by atoms with van der Waals surface area (Å²) in [6.07, 6.45) is 50.5. The minimum Gasteiger partial charge on any atom is -0.330 e. The largest absolute Gasteiger partial charge is 0.330 e. The second-order valence-electron chi connectivity index (χ2n) is 13.7. The van der Waals surface area contributed by atoms with E-state index in [-0.39, 0.29) is 0 Å². The fraction of sp³-hybridized carbons (Fsp3) is 0.905. The molecule has 0 radical (unpaired) electrons. The lowest BCUT2D eigenvalue weighted by Crippen LogP contribution is -2.19. The Morgan fingerprint density at radius 2 is 0.543 bits per heavy atom. The lowest BCUT2D eigenvalue weighted by atomic mass is 10.1. The average Bonchev–Trinajstić information content (AvgIpc) is 3.07. The first-order valence-corrected chi connectivity index (χ1v) is 20.9. The topological polar surface area (TPSA) is 76.1 Å². The van der Waals surface area contributed by atoms with Gasteiger partial charge in [0.05, 0.1) is 0 Å². The Morgan fingerprint density at radius 3 is 0.826 bits per heavy atom. The Morgan fingerprint density at radius 1 is 0.304 bits per heavy atom. The van der Waals surface area contributed by atoms with Crippen molar-refractivity contribution >= 4 is 0 Å². The smallest absolute Gasteiger partial charge is 0.00369 e. The van der Waals surface area contributed by atoms with Crippen LogP contribution in [0.3, 0.4) is 0 Å². The van der Waals surface area contributed by atoms with Gasteiger partial charge in [-0.2, -0.15) is 0 Å². The van der Waals surface area contributed by atoms with Gasteiger partial charge < -0.3 is 22.1 Å². The Hall–Kier alpha value is -0.680. The van der Waals surface area contributed by atoms with Crippen LogP contribution in [-0.2, 0) is 0 Å². The average molecular weight is 649 g/mol. The number of unbranched alkanes of at least 4 members (excludes halogenated alkanes) is 24. The molecule has 0 fully saturated rings. The monoisotopic (exact) mass is 649 g/mol. The van der Waals surface area contributed by atoms with Crippen LogP contribution in [-0.4, -0.2) is 39.3 Å². The molecule has 0 aliphatic carbocycles. The van der Waals surface area contributed by atoms with Gasteiger partial charge >= 0.3 is 0 Å². The van der Waals surface area contributed by atoms with Gasteiger partial charge in [-0.3, -0.25) is 0 Å². The molecule has 0 unspecified atom stereocenters. The van der Waals surface area contributed by atoms with Gasteiger partial charge in [0.2, 0.25) is 0 Å². The fourth-order valence-corrected chi connectivity index (χ4v) is 5.70. The lowest BCUT2D eigenvalue weighted by Gasteiger charge is -2.03. The number of hydrogen-bond donors (Lipinski definition) is 4. The van der Waals surface area contributed by atoms with Crippen molar-refractivity contribution in [3.8, 4) is 0 Å². The van der Waals surface area contributed by atoms with Gasteiger partial charge in [0, 0.05) is 0 Å². The standard InChI is InChI=1S/2C21H44N2/c2*1-2-3-4-5-6-7-8-9-10-11-12-13-14-15-16-17-20-23-21-18-19-22/h2*9-10,23H,2-8,11-22H2,1H3. The third-order valence-corrected chi connectivity index (χ3v) is 8.85. The second-order valence-corrected chi connectivity index (χ2v) is 13.7. The van der Waals surface area contributed by atoms with Crippen molar-refractivity contribution in [1.29, 1.82) is 0 Å². The molecule has 46 heavy (non-hydrogen) atoms. The Labute approximate surface area is 291 Å². The van der Waals surface area contributed by atoms with Crippen molar-refractivity contribution in [2.24, 2.45) is 11.5 Å². The summed E-state index contributed by atoms with van der Waals surface area (Å²) in [6.45, 7) is 10.7. The second kappa shape index (κ2) is 48.7. The highest BCUT2D eigenvalue weighted by Crippen LogP contribution is 2.11. The molecule has 0 aliphatic rings. The van der Waals surface area contributed by atoms with E-state index < -0.39 is 0 Å². The summed E-state index contributed by atoms with van der Waals surface area (Å²) in [7, 11) is 0. The Balaban J connectivity index is 0. The molecule has 0 amide bonds. The van der Waals surface area contributed by atoms with Crippen molar-refractivity contribution in [3.05, 3.63) is 24.3 Å². The van der Waals surface area contributed by atoms with E-state index in [9.17, 15) is 0 Å². The number of hydrogen-bond acceptors (Lipinski definition) is 4. The summed E-state index contributed by atoms with van der Waals surface area (Å²) in [5.74, 6) is 0. The van der Waals surface area contributed by atoms with E-state index in [2.05, 4.69) is 48.8 Å². The minimum absolute atomic E-state index is 0.806. The Kier molecular flexibility index (Phi) is 50.2. The molecule has 0 saturated carbocycles. The van der Waals surface area contributed by atoms with Gasteiger partial charge in [-0.25, -0.2) is 0 Å². The van der Waals surface area contributed by atoms with Gasteiger partial charge in [-0.05, 0) is 116 Å². The van der Waals surface area contributed by atoms with Crippen molar-refractivity contribution in [1.82, 2.24) is 10.6 Å². The summed E-state index contributed by atoms with van der Waals surface area (Å²) in [4.78, 5) is 0. The molecule has 0 aliphatic heterocycles. The van der Waals surface area contributed by atoms with E-state index in [1.807, 2.05) is 0 Å².